The zero-order valence-electron chi connectivity index (χ0n) is 9.21. The van der Waals surface area contributed by atoms with Crippen molar-refractivity contribution in [3.8, 4) is 0 Å². The number of carbonyl (C=O) groups excluding carboxylic acids is 1. The molecule has 0 fully saturated rings. The van der Waals surface area contributed by atoms with Gasteiger partial charge in [-0.2, -0.15) is 0 Å². The van der Waals surface area contributed by atoms with E-state index in [-0.39, 0.29) is 5.91 Å². The lowest BCUT2D eigenvalue weighted by molar-refractivity contribution is -0.114. The zero-order valence-corrected chi connectivity index (χ0v) is 10.8. The number of aromatic nitrogens is 2. The van der Waals surface area contributed by atoms with Crippen LogP contribution in [0.15, 0.2) is 34.7 Å². The molecule has 0 aliphatic heterocycles. The van der Waals surface area contributed by atoms with Crippen LogP contribution in [0.3, 0.4) is 0 Å². The van der Waals surface area contributed by atoms with Gasteiger partial charge < -0.3 is 5.32 Å². The average Bonchev–Trinajstić information content (AvgIpc) is 2.75. The van der Waals surface area contributed by atoms with Crippen molar-refractivity contribution in [2.75, 3.05) is 5.32 Å². The lowest BCUT2D eigenvalue weighted by Gasteiger charge is -1.96. The number of amides is 1. The van der Waals surface area contributed by atoms with E-state index < -0.39 is 0 Å². The molecular formula is C11H11N3OS2. The summed E-state index contributed by atoms with van der Waals surface area (Å²) in [6.07, 6.45) is 0. The maximum Gasteiger partial charge on any atom is 0.223 e. The Labute approximate surface area is 107 Å². The number of hydrogen-bond acceptors (Lipinski definition) is 5. The predicted octanol–water partition coefficient (Wildman–Crippen LogP) is 2.79. The van der Waals surface area contributed by atoms with Gasteiger partial charge in [0.25, 0.3) is 0 Å². The quantitative estimate of drug-likeness (QED) is 0.682. The zero-order chi connectivity index (χ0) is 12.1. The molecule has 1 aromatic heterocycles. The van der Waals surface area contributed by atoms with E-state index in [2.05, 4.69) is 27.6 Å². The Hall–Kier alpha value is -1.40. The molecule has 0 unspecified atom stereocenters. The number of anilines is 1. The first kappa shape index (κ1) is 12.1. The normalized spacial score (nSPS) is 10.2. The molecule has 88 valence electrons. The minimum Gasteiger partial charge on any atom is -0.301 e. The fourth-order valence-electron chi connectivity index (χ4n) is 1.19. The van der Waals surface area contributed by atoms with Crippen LogP contribution < -0.4 is 5.32 Å². The Bertz CT molecular complexity index is 498. The van der Waals surface area contributed by atoms with Crippen LogP contribution >= 0.6 is 23.1 Å². The van der Waals surface area contributed by atoms with Gasteiger partial charge in [0.15, 0.2) is 4.34 Å². The van der Waals surface area contributed by atoms with Gasteiger partial charge in [0.1, 0.15) is 0 Å². The molecule has 2 rings (SSSR count). The molecule has 2 aromatic rings. The molecule has 0 saturated carbocycles. The Morgan fingerprint density at radius 3 is 2.82 bits per heavy atom. The fraction of sp³-hybridized carbons (Fsp3) is 0.182. The van der Waals surface area contributed by atoms with Crippen molar-refractivity contribution >= 4 is 34.1 Å². The van der Waals surface area contributed by atoms with E-state index in [0.29, 0.717) is 5.13 Å². The lowest BCUT2D eigenvalue weighted by Crippen LogP contribution is -2.04. The summed E-state index contributed by atoms with van der Waals surface area (Å²) >= 11 is 3.00. The summed E-state index contributed by atoms with van der Waals surface area (Å²) in [4.78, 5) is 10.8. The van der Waals surface area contributed by atoms with Crippen molar-refractivity contribution in [2.24, 2.45) is 0 Å². The third-order valence-electron chi connectivity index (χ3n) is 1.89. The van der Waals surface area contributed by atoms with Gasteiger partial charge in [-0.1, -0.05) is 53.4 Å². The maximum absolute atomic E-state index is 10.8. The van der Waals surface area contributed by atoms with Gasteiger partial charge in [0.05, 0.1) is 0 Å². The van der Waals surface area contributed by atoms with Gasteiger partial charge in [-0.05, 0) is 5.56 Å². The molecule has 1 amide bonds. The Morgan fingerprint density at radius 1 is 1.35 bits per heavy atom. The molecule has 0 aliphatic carbocycles. The molecule has 1 aromatic carbocycles. The van der Waals surface area contributed by atoms with Crippen LogP contribution in [-0.4, -0.2) is 16.1 Å². The van der Waals surface area contributed by atoms with E-state index in [0.717, 1.165) is 10.1 Å². The van der Waals surface area contributed by atoms with Crippen LogP contribution in [0.2, 0.25) is 0 Å². The van der Waals surface area contributed by atoms with E-state index in [4.69, 9.17) is 0 Å². The molecule has 1 N–H and O–H groups in total. The molecule has 0 aliphatic rings. The predicted molar refractivity (Wildman–Crippen MR) is 70.2 cm³/mol. The second-order valence-corrected chi connectivity index (χ2v) is 5.53. The highest BCUT2D eigenvalue weighted by atomic mass is 32.2. The lowest BCUT2D eigenvalue weighted by atomic mass is 10.2. The highest BCUT2D eigenvalue weighted by Crippen LogP contribution is 2.28. The number of thioether (sulfide) groups is 1. The van der Waals surface area contributed by atoms with E-state index in [1.54, 1.807) is 11.8 Å². The van der Waals surface area contributed by atoms with Crippen LogP contribution in [-0.2, 0) is 10.5 Å². The number of carbonyl (C=O) groups is 1. The van der Waals surface area contributed by atoms with E-state index in [9.17, 15) is 4.79 Å². The van der Waals surface area contributed by atoms with Crippen molar-refractivity contribution in [3.63, 3.8) is 0 Å². The van der Waals surface area contributed by atoms with Gasteiger partial charge in [-0.3, -0.25) is 4.79 Å². The molecule has 0 atom stereocenters. The van der Waals surface area contributed by atoms with Crippen LogP contribution in [0.1, 0.15) is 12.5 Å². The number of rotatable bonds is 4. The SMILES string of the molecule is CC(=O)Nc1nnc(SCc2ccccc2)s1. The van der Waals surface area contributed by atoms with Gasteiger partial charge >= 0.3 is 0 Å². The summed E-state index contributed by atoms with van der Waals surface area (Å²) in [6.45, 7) is 1.46. The Balaban J connectivity index is 1.91. The topological polar surface area (TPSA) is 54.9 Å². The fourth-order valence-corrected chi connectivity index (χ4v) is 2.94. The first-order valence-electron chi connectivity index (χ1n) is 5.02. The third-order valence-corrected chi connectivity index (χ3v) is 3.94. The van der Waals surface area contributed by atoms with E-state index in [1.807, 2.05) is 18.2 Å². The number of nitrogens with one attached hydrogen (secondary N) is 1. The average molecular weight is 265 g/mol. The van der Waals surface area contributed by atoms with E-state index >= 15 is 0 Å². The van der Waals surface area contributed by atoms with Crippen molar-refractivity contribution in [1.29, 1.82) is 0 Å². The van der Waals surface area contributed by atoms with Crippen LogP contribution in [0, 0.1) is 0 Å². The Morgan fingerprint density at radius 2 is 2.12 bits per heavy atom. The minimum atomic E-state index is -0.124. The second-order valence-electron chi connectivity index (χ2n) is 3.33. The first-order valence-corrected chi connectivity index (χ1v) is 6.82. The molecule has 17 heavy (non-hydrogen) atoms. The smallest absolute Gasteiger partial charge is 0.223 e. The summed E-state index contributed by atoms with van der Waals surface area (Å²) in [6, 6.07) is 10.2. The summed E-state index contributed by atoms with van der Waals surface area (Å²) in [5.41, 5.74) is 1.24. The maximum atomic E-state index is 10.8. The monoisotopic (exact) mass is 265 g/mol. The molecule has 0 spiro atoms. The second kappa shape index (κ2) is 5.79. The number of hydrogen-bond donors (Lipinski definition) is 1. The highest BCUT2D eigenvalue weighted by molar-refractivity contribution is 8.00. The number of benzene rings is 1. The Kier molecular flexibility index (Phi) is 4.11. The molecular weight excluding hydrogens is 254 g/mol. The standard InChI is InChI=1S/C11H11N3OS2/c1-8(15)12-10-13-14-11(17-10)16-7-9-5-3-2-4-6-9/h2-6H,7H2,1H3,(H,12,13,15). The molecule has 0 saturated heterocycles. The summed E-state index contributed by atoms with van der Waals surface area (Å²) in [5, 5.41) is 11.1. The summed E-state index contributed by atoms with van der Waals surface area (Å²) in [5.74, 6) is 0.732. The third kappa shape index (κ3) is 3.83. The van der Waals surface area contributed by atoms with Gasteiger partial charge in [-0.15, -0.1) is 10.2 Å². The van der Waals surface area contributed by atoms with Crippen molar-refractivity contribution in [1.82, 2.24) is 10.2 Å². The summed E-state index contributed by atoms with van der Waals surface area (Å²) in [7, 11) is 0. The van der Waals surface area contributed by atoms with Gasteiger partial charge in [0, 0.05) is 12.7 Å². The first-order chi connectivity index (χ1) is 8.24. The minimum absolute atomic E-state index is 0.124. The number of nitrogens with zero attached hydrogens (tertiary/aromatic N) is 2. The van der Waals surface area contributed by atoms with Crippen LogP contribution in [0.25, 0.3) is 0 Å². The molecule has 6 heteroatoms. The van der Waals surface area contributed by atoms with Crippen molar-refractivity contribution < 1.29 is 4.79 Å². The van der Waals surface area contributed by atoms with E-state index in [1.165, 1.54) is 23.8 Å². The van der Waals surface area contributed by atoms with Gasteiger partial charge in [0.2, 0.25) is 11.0 Å². The summed E-state index contributed by atoms with van der Waals surface area (Å²) < 4.78 is 0.859. The molecule has 1 heterocycles. The molecule has 0 radical (unpaired) electrons. The largest absolute Gasteiger partial charge is 0.301 e. The molecule has 4 nitrogen and oxygen atoms in total. The highest BCUT2D eigenvalue weighted by Gasteiger charge is 2.05. The van der Waals surface area contributed by atoms with Crippen molar-refractivity contribution in [3.05, 3.63) is 35.9 Å². The van der Waals surface area contributed by atoms with Gasteiger partial charge in [-0.25, -0.2) is 0 Å². The van der Waals surface area contributed by atoms with Crippen LogP contribution in [0.4, 0.5) is 5.13 Å². The van der Waals surface area contributed by atoms with Crippen molar-refractivity contribution in [2.45, 2.75) is 17.0 Å². The van der Waals surface area contributed by atoms with Crippen LogP contribution in [0.5, 0.6) is 0 Å². The molecule has 0 bridgehead atoms.